The Balaban J connectivity index is 0.000000189. The van der Waals surface area contributed by atoms with Gasteiger partial charge in [-0.1, -0.05) is 23.2 Å². The van der Waals surface area contributed by atoms with E-state index < -0.39 is 11.9 Å². The third kappa shape index (κ3) is 5.16. The molecule has 0 atom stereocenters. The van der Waals surface area contributed by atoms with E-state index in [-0.39, 0.29) is 10.6 Å². The molecule has 0 saturated carbocycles. The Morgan fingerprint density at radius 3 is 2.18 bits per heavy atom. The fraction of sp³-hybridized carbons (Fsp3) is 0.250. The summed E-state index contributed by atoms with van der Waals surface area (Å²) in [6.07, 6.45) is 5.15. The van der Waals surface area contributed by atoms with E-state index >= 15 is 0 Å². The fourth-order valence-electron chi connectivity index (χ4n) is 3.67. The van der Waals surface area contributed by atoms with Crippen molar-refractivity contribution in [2.75, 3.05) is 20.8 Å². The van der Waals surface area contributed by atoms with Crippen molar-refractivity contribution in [2.45, 2.75) is 19.8 Å². The zero-order chi connectivity index (χ0) is 24.1. The molecular weight excluding hydrogens is 467 g/mol. The van der Waals surface area contributed by atoms with Gasteiger partial charge in [0.2, 0.25) is 0 Å². The lowest BCUT2D eigenvalue weighted by Gasteiger charge is -2.07. The summed E-state index contributed by atoms with van der Waals surface area (Å²) in [4.78, 5) is 28.8. The number of aryl methyl sites for hydroxylation is 2. The van der Waals surface area contributed by atoms with Gasteiger partial charge in [0.15, 0.2) is 0 Å². The summed E-state index contributed by atoms with van der Waals surface area (Å²) in [5, 5.41) is 11.5. The molecule has 0 fully saturated rings. The average molecular weight is 491 g/mol. The van der Waals surface area contributed by atoms with E-state index in [1.165, 1.54) is 7.11 Å². The van der Waals surface area contributed by atoms with Crippen molar-refractivity contribution in [1.82, 2.24) is 9.97 Å². The number of carbonyl (C=O) groups excluding carboxylic acids is 1. The second-order valence-electron chi connectivity index (χ2n) is 7.38. The van der Waals surface area contributed by atoms with E-state index in [0.29, 0.717) is 17.2 Å². The molecule has 0 aliphatic rings. The van der Waals surface area contributed by atoms with Gasteiger partial charge in [0.25, 0.3) is 0 Å². The van der Waals surface area contributed by atoms with Crippen molar-refractivity contribution >= 4 is 56.9 Å². The van der Waals surface area contributed by atoms with Crippen LogP contribution in [-0.2, 0) is 15.9 Å². The van der Waals surface area contributed by atoms with Gasteiger partial charge in [0.05, 0.1) is 33.8 Å². The highest BCUT2D eigenvalue weighted by Crippen LogP contribution is 2.31. The van der Waals surface area contributed by atoms with E-state index in [4.69, 9.17) is 33.0 Å². The van der Waals surface area contributed by atoms with Crippen LogP contribution in [0.4, 0.5) is 0 Å². The first-order valence-corrected chi connectivity index (χ1v) is 10.9. The molecule has 0 radical (unpaired) electrons. The molecule has 9 heteroatoms. The van der Waals surface area contributed by atoms with E-state index in [0.717, 1.165) is 45.8 Å². The third-order valence-electron chi connectivity index (χ3n) is 5.27. The van der Waals surface area contributed by atoms with Crippen LogP contribution in [0.1, 0.15) is 38.3 Å². The number of carbonyl (C=O) groups is 2. The Morgan fingerprint density at radius 1 is 0.970 bits per heavy atom. The van der Waals surface area contributed by atoms with Crippen molar-refractivity contribution in [2.24, 2.45) is 0 Å². The minimum atomic E-state index is -1.00. The Kier molecular flexibility index (Phi) is 8.02. The molecule has 0 bridgehead atoms. The predicted molar refractivity (Wildman–Crippen MR) is 130 cm³/mol. The van der Waals surface area contributed by atoms with Gasteiger partial charge in [-0.15, -0.1) is 0 Å². The van der Waals surface area contributed by atoms with Gasteiger partial charge in [-0.05, 0) is 55.2 Å². The topological polar surface area (TPSA) is 104 Å². The summed E-state index contributed by atoms with van der Waals surface area (Å²) in [5.74, 6) is -1.41. The SMILES string of the molecule is COC(=O)c1cc(C)c2[nH]ccc2c1Cl.COCCCc1cc(C(=O)O)c(Cl)c2cc[nH]c12. The number of aromatic nitrogens is 2. The number of rotatable bonds is 6. The van der Waals surface area contributed by atoms with Gasteiger partial charge in [0, 0.05) is 42.4 Å². The lowest BCUT2D eigenvalue weighted by molar-refractivity contribution is 0.0600. The normalized spacial score (nSPS) is 10.8. The number of esters is 1. The number of H-pyrrole nitrogens is 2. The number of hydrogen-bond donors (Lipinski definition) is 3. The molecule has 3 N–H and O–H groups in total. The van der Waals surface area contributed by atoms with Gasteiger partial charge in [-0.25, -0.2) is 9.59 Å². The van der Waals surface area contributed by atoms with Crippen LogP contribution in [0.5, 0.6) is 0 Å². The van der Waals surface area contributed by atoms with Crippen LogP contribution >= 0.6 is 23.2 Å². The number of carboxylic acids is 1. The molecule has 0 spiro atoms. The lowest BCUT2D eigenvalue weighted by Crippen LogP contribution is -2.02. The van der Waals surface area contributed by atoms with Crippen molar-refractivity contribution < 1.29 is 24.2 Å². The fourth-order valence-corrected chi connectivity index (χ4v) is 4.25. The summed E-state index contributed by atoms with van der Waals surface area (Å²) in [6.45, 7) is 2.56. The molecule has 0 unspecified atom stereocenters. The summed E-state index contributed by atoms with van der Waals surface area (Å²) in [5.41, 5.74) is 4.34. The molecular formula is C24H24Cl2N2O5. The van der Waals surface area contributed by atoms with E-state index in [1.807, 2.05) is 13.0 Å². The lowest BCUT2D eigenvalue weighted by atomic mass is 10.0. The highest BCUT2D eigenvalue weighted by molar-refractivity contribution is 6.39. The molecule has 0 aliphatic carbocycles. The maximum absolute atomic E-state index is 11.4. The molecule has 4 aromatic rings. The number of aromatic carboxylic acids is 1. The quantitative estimate of drug-likeness (QED) is 0.226. The number of carboxylic acid groups (broad SMARTS) is 1. The first-order valence-electron chi connectivity index (χ1n) is 10.1. The molecule has 7 nitrogen and oxygen atoms in total. The highest BCUT2D eigenvalue weighted by Gasteiger charge is 2.17. The van der Waals surface area contributed by atoms with Crippen LogP contribution in [0.15, 0.2) is 36.7 Å². The van der Waals surface area contributed by atoms with Crippen LogP contribution in [0.3, 0.4) is 0 Å². The first kappa shape index (κ1) is 24.6. The zero-order valence-electron chi connectivity index (χ0n) is 18.4. The second-order valence-corrected chi connectivity index (χ2v) is 8.13. The Hall–Kier alpha value is -3.00. The molecule has 0 amide bonds. The molecule has 2 heterocycles. The second kappa shape index (κ2) is 10.7. The van der Waals surface area contributed by atoms with E-state index in [2.05, 4.69) is 14.7 Å². The number of benzene rings is 2. The van der Waals surface area contributed by atoms with Crippen LogP contribution < -0.4 is 0 Å². The van der Waals surface area contributed by atoms with Crippen LogP contribution in [-0.4, -0.2) is 47.8 Å². The maximum atomic E-state index is 11.4. The molecule has 174 valence electrons. The van der Waals surface area contributed by atoms with Gasteiger partial charge < -0.3 is 24.5 Å². The number of hydrogen-bond acceptors (Lipinski definition) is 4. The largest absolute Gasteiger partial charge is 0.478 e. The summed E-state index contributed by atoms with van der Waals surface area (Å²) in [7, 11) is 2.99. The van der Waals surface area contributed by atoms with Crippen LogP contribution in [0, 0.1) is 6.92 Å². The number of ether oxygens (including phenoxy) is 2. The summed E-state index contributed by atoms with van der Waals surface area (Å²) in [6, 6.07) is 7.01. The minimum absolute atomic E-state index is 0.149. The van der Waals surface area contributed by atoms with Gasteiger partial charge in [-0.3, -0.25) is 0 Å². The van der Waals surface area contributed by atoms with Crippen molar-refractivity contribution in [3.63, 3.8) is 0 Å². The summed E-state index contributed by atoms with van der Waals surface area (Å²) < 4.78 is 9.67. The molecule has 4 rings (SSSR count). The first-order chi connectivity index (χ1) is 15.8. The Labute approximate surface area is 200 Å². The third-order valence-corrected chi connectivity index (χ3v) is 6.08. The average Bonchev–Trinajstić information content (AvgIpc) is 3.48. The highest BCUT2D eigenvalue weighted by atomic mass is 35.5. The molecule has 2 aromatic heterocycles. The van der Waals surface area contributed by atoms with Crippen molar-refractivity contribution in [3.05, 3.63) is 69.0 Å². The maximum Gasteiger partial charge on any atom is 0.339 e. The molecule has 33 heavy (non-hydrogen) atoms. The minimum Gasteiger partial charge on any atom is -0.478 e. The van der Waals surface area contributed by atoms with Crippen LogP contribution in [0.2, 0.25) is 10.0 Å². The number of nitrogens with one attached hydrogen (secondary N) is 2. The molecule has 2 aromatic carbocycles. The van der Waals surface area contributed by atoms with Crippen molar-refractivity contribution in [1.29, 1.82) is 0 Å². The van der Waals surface area contributed by atoms with E-state index in [9.17, 15) is 9.59 Å². The monoisotopic (exact) mass is 490 g/mol. The van der Waals surface area contributed by atoms with Gasteiger partial charge in [-0.2, -0.15) is 0 Å². The molecule has 0 saturated heterocycles. The van der Waals surface area contributed by atoms with Crippen molar-refractivity contribution in [3.8, 4) is 0 Å². The predicted octanol–water partition coefficient (Wildman–Crippen LogP) is 6.01. The number of halogens is 2. The number of aromatic amines is 2. The standard InChI is InChI=1S/C13H14ClNO3.C11H10ClNO2/c1-18-6-2-3-8-7-10(13(16)17)11(14)9-4-5-15-12(8)9;1-6-5-8(11(14)15-2)9(12)7-3-4-13-10(6)7/h4-5,7,15H,2-3,6H2,1H3,(H,16,17);3-5,13H,1-2H3. The van der Waals surface area contributed by atoms with Gasteiger partial charge in [0.1, 0.15) is 0 Å². The van der Waals surface area contributed by atoms with E-state index in [1.54, 1.807) is 37.7 Å². The number of fused-ring (bicyclic) bond motifs is 2. The smallest absolute Gasteiger partial charge is 0.339 e. The van der Waals surface area contributed by atoms with Gasteiger partial charge >= 0.3 is 11.9 Å². The Morgan fingerprint density at radius 2 is 1.58 bits per heavy atom. The van der Waals surface area contributed by atoms with Crippen LogP contribution in [0.25, 0.3) is 21.8 Å². The zero-order valence-corrected chi connectivity index (χ0v) is 19.9. The summed E-state index contributed by atoms with van der Waals surface area (Å²) >= 11 is 12.2. The molecule has 0 aliphatic heterocycles. The Bertz CT molecular complexity index is 1310. The number of methoxy groups -OCH3 is 2.